The third-order valence-electron chi connectivity index (χ3n) is 1.76. The Labute approximate surface area is 78.2 Å². The molecular formula is C9H5BrN2. The van der Waals surface area contributed by atoms with E-state index in [2.05, 4.69) is 22.1 Å². The second-order valence-electron chi connectivity index (χ2n) is 2.49. The van der Waals surface area contributed by atoms with E-state index in [1.807, 2.05) is 24.3 Å². The number of rotatable bonds is 0. The highest BCUT2D eigenvalue weighted by atomic mass is 79.9. The lowest BCUT2D eigenvalue weighted by molar-refractivity contribution is 1.15. The zero-order valence-electron chi connectivity index (χ0n) is 6.16. The number of nitriles is 1. The van der Waals surface area contributed by atoms with Crippen LogP contribution in [0.15, 0.2) is 34.9 Å². The molecule has 1 aromatic carbocycles. The molecule has 0 atom stereocenters. The summed E-state index contributed by atoms with van der Waals surface area (Å²) in [6.07, 6.45) is 3.83. The van der Waals surface area contributed by atoms with Crippen LogP contribution in [0.5, 0.6) is 0 Å². The molecule has 2 nitrogen and oxygen atoms in total. The van der Waals surface area contributed by atoms with E-state index in [4.69, 9.17) is 5.26 Å². The molecule has 0 aliphatic heterocycles. The molecule has 2 aromatic rings. The predicted molar refractivity (Wildman–Crippen MR) is 50.6 cm³/mol. The minimum absolute atomic E-state index is 0.945. The largest absolute Gasteiger partial charge is 0.254 e. The summed E-state index contributed by atoms with van der Waals surface area (Å²) in [5.74, 6) is 0. The molecule has 0 unspecified atom stereocenters. The molecule has 3 heteroatoms. The molecule has 0 saturated carbocycles. The average Bonchev–Trinajstić information content (AvgIpc) is 2.46. The van der Waals surface area contributed by atoms with E-state index in [0.717, 1.165) is 15.4 Å². The number of fused-ring (bicyclic) bond motifs is 1. The summed E-state index contributed by atoms with van der Waals surface area (Å²) in [5.41, 5.74) is 0.945. The van der Waals surface area contributed by atoms with Crippen LogP contribution < -0.4 is 0 Å². The molecular weight excluding hydrogens is 216 g/mol. The first-order valence-electron chi connectivity index (χ1n) is 3.48. The topological polar surface area (TPSA) is 28.7 Å². The lowest BCUT2D eigenvalue weighted by Gasteiger charge is -1.92. The van der Waals surface area contributed by atoms with Crippen LogP contribution >= 0.6 is 15.9 Å². The Balaban J connectivity index is 2.84. The van der Waals surface area contributed by atoms with Crippen molar-refractivity contribution in [3.63, 3.8) is 0 Å². The van der Waals surface area contributed by atoms with Gasteiger partial charge in [0.2, 0.25) is 0 Å². The molecule has 12 heavy (non-hydrogen) atoms. The third kappa shape index (κ3) is 1.01. The number of halogens is 1. The second-order valence-corrected chi connectivity index (χ2v) is 3.40. The Morgan fingerprint density at radius 3 is 2.92 bits per heavy atom. The van der Waals surface area contributed by atoms with Crippen molar-refractivity contribution >= 4 is 26.8 Å². The summed E-state index contributed by atoms with van der Waals surface area (Å²) in [7, 11) is 0. The van der Waals surface area contributed by atoms with Gasteiger partial charge in [-0.05, 0) is 24.3 Å². The van der Waals surface area contributed by atoms with E-state index >= 15 is 0 Å². The van der Waals surface area contributed by atoms with Gasteiger partial charge < -0.3 is 0 Å². The Morgan fingerprint density at radius 1 is 1.33 bits per heavy atom. The molecule has 1 heterocycles. The first kappa shape index (κ1) is 7.38. The fourth-order valence-electron chi connectivity index (χ4n) is 1.20. The van der Waals surface area contributed by atoms with Crippen LogP contribution in [0.3, 0.4) is 0 Å². The number of hydrogen-bond donors (Lipinski definition) is 0. The van der Waals surface area contributed by atoms with Gasteiger partial charge in [0.1, 0.15) is 0 Å². The van der Waals surface area contributed by atoms with Crippen LogP contribution in [-0.4, -0.2) is 4.57 Å². The highest BCUT2D eigenvalue weighted by Gasteiger charge is 1.98. The fraction of sp³-hybridized carbons (Fsp3) is 0. The van der Waals surface area contributed by atoms with Crippen molar-refractivity contribution in [2.45, 2.75) is 0 Å². The Morgan fingerprint density at radius 2 is 2.17 bits per heavy atom. The number of hydrogen-bond acceptors (Lipinski definition) is 1. The highest BCUT2D eigenvalue weighted by molar-refractivity contribution is 9.10. The van der Waals surface area contributed by atoms with Crippen molar-refractivity contribution in [2.24, 2.45) is 0 Å². The Bertz CT molecular complexity index is 465. The van der Waals surface area contributed by atoms with Gasteiger partial charge in [0, 0.05) is 16.1 Å². The van der Waals surface area contributed by atoms with E-state index in [0.29, 0.717) is 0 Å². The van der Waals surface area contributed by atoms with Crippen molar-refractivity contribution < 1.29 is 0 Å². The Hall–Kier alpha value is -1.27. The van der Waals surface area contributed by atoms with E-state index in [9.17, 15) is 0 Å². The maximum Gasteiger partial charge on any atom is 0.188 e. The highest BCUT2D eigenvalue weighted by Crippen LogP contribution is 2.19. The molecule has 0 aliphatic rings. The summed E-state index contributed by atoms with van der Waals surface area (Å²) < 4.78 is 2.58. The average molecular weight is 221 g/mol. The molecule has 58 valence electrons. The molecule has 2 rings (SSSR count). The van der Waals surface area contributed by atoms with Gasteiger partial charge in [-0.25, -0.2) is 0 Å². The molecule has 1 aromatic heterocycles. The first-order valence-corrected chi connectivity index (χ1v) is 4.27. The quantitative estimate of drug-likeness (QED) is 0.672. The molecule has 0 spiro atoms. The fourth-order valence-corrected chi connectivity index (χ4v) is 1.58. The number of aromatic nitrogens is 1. The summed E-state index contributed by atoms with van der Waals surface area (Å²) in [6.45, 7) is 0. The maximum atomic E-state index is 8.70. The van der Waals surface area contributed by atoms with Gasteiger partial charge in [0.25, 0.3) is 0 Å². The molecule has 0 N–H and O–H groups in total. The van der Waals surface area contributed by atoms with Crippen LogP contribution in [0, 0.1) is 11.5 Å². The van der Waals surface area contributed by atoms with Crippen molar-refractivity contribution in [3.8, 4) is 6.19 Å². The number of benzene rings is 1. The van der Waals surface area contributed by atoms with Crippen LogP contribution in [0.1, 0.15) is 0 Å². The second kappa shape index (κ2) is 2.65. The summed E-state index contributed by atoms with van der Waals surface area (Å²) in [6, 6.07) is 7.76. The lowest BCUT2D eigenvalue weighted by atomic mass is 10.2. The van der Waals surface area contributed by atoms with Crippen LogP contribution in [0.4, 0.5) is 0 Å². The predicted octanol–water partition coefficient (Wildman–Crippen LogP) is 2.73. The SMILES string of the molecule is N#Cn1ccc2cc(Br)ccc21. The van der Waals surface area contributed by atoms with Gasteiger partial charge >= 0.3 is 0 Å². The van der Waals surface area contributed by atoms with E-state index in [1.165, 1.54) is 0 Å². The van der Waals surface area contributed by atoms with Gasteiger partial charge in [-0.15, -0.1) is 0 Å². The zero-order chi connectivity index (χ0) is 8.55. The summed E-state index contributed by atoms with van der Waals surface area (Å²) >= 11 is 3.37. The standard InChI is InChI=1S/C9H5BrN2/c10-8-1-2-9-7(5-8)3-4-12(9)6-11/h1-5H. The van der Waals surface area contributed by atoms with E-state index in [1.54, 1.807) is 10.8 Å². The van der Waals surface area contributed by atoms with Crippen molar-refractivity contribution in [2.75, 3.05) is 0 Å². The lowest BCUT2D eigenvalue weighted by Crippen LogP contribution is -1.82. The molecule has 0 saturated heterocycles. The van der Waals surface area contributed by atoms with Gasteiger partial charge in [-0.1, -0.05) is 15.9 Å². The molecule has 0 amide bonds. The molecule has 0 aliphatic carbocycles. The molecule has 0 fully saturated rings. The zero-order valence-corrected chi connectivity index (χ0v) is 7.75. The van der Waals surface area contributed by atoms with Crippen LogP contribution in [0.2, 0.25) is 0 Å². The van der Waals surface area contributed by atoms with E-state index < -0.39 is 0 Å². The summed E-state index contributed by atoms with van der Waals surface area (Å²) in [4.78, 5) is 0. The molecule has 0 radical (unpaired) electrons. The van der Waals surface area contributed by atoms with Crippen LogP contribution in [-0.2, 0) is 0 Å². The first-order chi connectivity index (χ1) is 5.81. The number of nitrogens with zero attached hydrogens (tertiary/aromatic N) is 2. The monoisotopic (exact) mass is 220 g/mol. The smallest absolute Gasteiger partial charge is 0.188 e. The van der Waals surface area contributed by atoms with Crippen molar-refractivity contribution in [1.29, 1.82) is 5.26 Å². The summed E-state index contributed by atoms with van der Waals surface area (Å²) in [5, 5.41) is 9.77. The van der Waals surface area contributed by atoms with E-state index in [-0.39, 0.29) is 0 Å². The van der Waals surface area contributed by atoms with Gasteiger partial charge in [0.05, 0.1) is 5.52 Å². The van der Waals surface area contributed by atoms with Gasteiger partial charge in [0.15, 0.2) is 6.19 Å². The third-order valence-corrected chi connectivity index (χ3v) is 2.25. The minimum atomic E-state index is 0.945. The maximum absolute atomic E-state index is 8.70. The van der Waals surface area contributed by atoms with Crippen LogP contribution in [0.25, 0.3) is 10.9 Å². The Kier molecular flexibility index (Phi) is 1.63. The van der Waals surface area contributed by atoms with Crippen molar-refractivity contribution in [1.82, 2.24) is 4.57 Å². The van der Waals surface area contributed by atoms with Gasteiger partial charge in [-0.2, -0.15) is 5.26 Å². The normalized spacial score (nSPS) is 10.0. The molecule has 0 bridgehead atoms. The van der Waals surface area contributed by atoms with Gasteiger partial charge in [-0.3, -0.25) is 4.57 Å². The minimum Gasteiger partial charge on any atom is -0.254 e. The van der Waals surface area contributed by atoms with Crippen molar-refractivity contribution in [3.05, 3.63) is 34.9 Å².